The Morgan fingerprint density at radius 3 is 2.68 bits per heavy atom. The first kappa shape index (κ1) is 18.6. The fraction of sp³-hybridized carbons (Fsp3) is 0.750. The minimum Gasteiger partial charge on any atom is -0.454 e. The molecule has 140 valence electrons. The second-order valence-corrected chi connectivity index (χ2v) is 8.18. The van der Waals surface area contributed by atoms with Gasteiger partial charge >= 0.3 is 5.97 Å². The van der Waals surface area contributed by atoms with Crippen molar-refractivity contribution in [2.24, 2.45) is 5.92 Å². The topological polar surface area (TPSA) is 76.0 Å². The van der Waals surface area contributed by atoms with E-state index in [1.807, 2.05) is 13.8 Å². The number of carbonyl (C=O) groups is 1. The van der Waals surface area contributed by atoms with Gasteiger partial charge in [-0.2, -0.15) is 0 Å². The van der Waals surface area contributed by atoms with E-state index in [-0.39, 0.29) is 6.10 Å². The normalized spacial score (nSPS) is 45.0. The maximum absolute atomic E-state index is 12.0. The molecule has 0 amide bonds. The highest BCUT2D eigenvalue weighted by molar-refractivity contribution is 5.92. The standard InChI is InChI=1S/C20H30O5/c1-11-6-5-7-12(2)14-8-9-20(4,25-14)18(22)17(21)16-13(3)19(23)24-15(16)10-11/h6,12,14-15,17-18,21-22H,5,7-10H2,1-4H3/b11-6+/t12-,14+,15-,17-,18+,20+/m1/s1. The Hall–Kier alpha value is -1.17. The van der Waals surface area contributed by atoms with Crippen LogP contribution in [0.4, 0.5) is 0 Å². The fourth-order valence-electron chi connectivity index (χ4n) is 4.37. The second-order valence-electron chi connectivity index (χ2n) is 8.18. The molecule has 1 saturated heterocycles. The van der Waals surface area contributed by atoms with Crippen molar-refractivity contribution in [2.75, 3.05) is 0 Å². The number of rotatable bonds is 0. The van der Waals surface area contributed by atoms with Crippen molar-refractivity contribution in [1.82, 2.24) is 0 Å². The van der Waals surface area contributed by atoms with Gasteiger partial charge in [0.1, 0.15) is 18.3 Å². The number of esters is 1. The molecule has 1 fully saturated rings. The second kappa shape index (κ2) is 6.86. The van der Waals surface area contributed by atoms with Crippen LogP contribution in [0.1, 0.15) is 59.8 Å². The van der Waals surface area contributed by atoms with Crippen LogP contribution in [-0.2, 0) is 14.3 Å². The Balaban J connectivity index is 1.97. The summed E-state index contributed by atoms with van der Waals surface area (Å²) in [6.07, 6.45) is 3.61. The summed E-state index contributed by atoms with van der Waals surface area (Å²) in [4.78, 5) is 12.0. The van der Waals surface area contributed by atoms with Crippen molar-refractivity contribution in [3.05, 3.63) is 22.8 Å². The number of hydrogen-bond donors (Lipinski definition) is 2. The first-order valence-electron chi connectivity index (χ1n) is 9.34. The number of carbonyl (C=O) groups excluding carboxylic acids is 1. The predicted molar refractivity (Wildman–Crippen MR) is 93.9 cm³/mol. The van der Waals surface area contributed by atoms with Crippen molar-refractivity contribution in [3.63, 3.8) is 0 Å². The molecule has 0 aromatic heterocycles. The molecule has 3 aliphatic heterocycles. The Bertz CT molecular complexity index is 607. The predicted octanol–water partition coefficient (Wildman–Crippen LogP) is 2.65. The third-order valence-electron chi connectivity index (χ3n) is 6.18. The summed E-state index contributed by atoms with van der Waals surface area (Å²) < 4.78 is 11.7. The van der Waals surface area contributed by atoms with E-state index in [4.69, 9.17) is 9.47 Å². The van der Waals surface area contributed by atoms with Gasteiger partial charge in [0.2, 0.25) is 0 Å². The van der Waals surface area contributed by atoms with Crippen LogP contribution in [0.15, 0.2) is 22.8 Å². The van der Waals surface area contributed by atoms with Crippen molar-refractivity contribution >= 4 is 5.97 Å². The largest absolute Gasteiger partial charge is 0.454 e. The van der Waals surface area contributed by atoms with Gasteiger partial charge in [0.25, 0.3) is 0 Å². The third kappa shape index (κ3) is 3.42. The molecule has 3 aliphatic rings. The Morgan fingerprint density at radius 2 is 1.96 bits per heavy atom. The molecule has 0 unspecified atom stereocenters. The first-order valence-corrected chi connectivity index (χ1v) is 9.34. The maximum atomic E-state index is 12.0. The average Bonchev–Trinajstić information content (AvgIpc) is 3.07. The van der Waals surface area contributed by atoms with Crippen molar-refractivity contribution in [1.29, 1.82) is 0 Å². The summed E-state index contributed by atoms with van der Waals surface area (Å²) in [5, 5.41) is 21.8. The van der Waals surface area contributed by atoms with Gasteiger partial charge < -0.3 is 19.7 Å². The van der Waals surface area contributed by atoms with Gasteiger partial charge in [-0.05, 0) is 52.4 Å². The monoisotopic (exact) mass is 350 g/mol. The summed E-state index contributed by atoms with van der Waals surface area (Å²) >= 11 is 0. The van der Waals surface area contributed by atoms with Crippen molar-refractivity contribution in [2.45, 2.75) is 89.8 Å². The highest BCUT2D eigenvalue weighted by Crippen LogP contribution is 2.41. The molecular formula is C20H30O5. The van der Waals surface area contributed by atoms with Crippen LogP contribution in [0.3, 0.4) is 0 Å². The van der Waals surface area contributed by atoms with Crippen LogP contribution in [0, 0.1) is 5.92 Å². The molecule has 3 rings (SSSR count). The summed E-state index contributed by atoms with van der Waals surface area (Å²) in [5.74, 6) is -0.00983. The molecule has 3 heterocycles. The number of aliphatic hydroxyl groups excluding tert-OH is 2. The molecule has 2 N–H and O–H groups in total. The zero-order valence-electron chi connectivity index (χ0n) is 15.6. The minimum absolute atomic E-state index is 0.0913. The summed E-state index contributed by atoms with van der Waals surface area (Å²) in [6.45, 7) is 7.73. The van der Waals surface area contributed by atoms with E-state index in [2.05, 4.69) is 13.0 Å². The molecule has 25 heavy (non-hydrogen) atoms. The Morgan fingerprint density at radius 1 is 1.24 bits per heavy atom. The van der Waals surface area contributed by atoms with Crippen LogP contribution in [0.5, 0.6) is 0 Å². The van der Waals surface area contributed by atoms with Gasteiger partial charge in [-0.3, -0.25) is 0 Å². The Kier molecular flexibility index (Phi) is 5.11. The van der Waals surface area contributed by atoms with Crippen LogP contribution in [-0.4, -0.2) is 46.2 Å². The number of ether oxygens (including phenoxy) is 2. The van der Waals surface area contributed by atoms with Gasteiger partial charge in [-0.25, -0.2) is 4.79 Å². The molecule has 5 nitrogen and oxygen atoms in total. The van der Waals surface area contributed by atoms with E-state index in [9.17, 15) is 15.0 Å². The van der Waals surface area contributed by atoms with Gasteiger partial charge in [0, 0.05) is 17.6 Å². The lowest BCUT2D eigenvalue weighted by molar-refractivity contribution is -0.146. The number of fused-ring (bicyclic) bond motifs is 3. The fourth-order valence-corrected chi connectivity index (χ4v) is 4.37. The van der Waals surface area contributed by atoms with E-state index in [0.717, 1.165) is 24.8 Å². The molecule has 6 atom stereocenters. The van der Waals surface area contributed by atoms with Gasteiger partial charge in [-0.1, -0.05) is 18.6 Å². The smallest absolute Gasteiger partial charge is 0.334 e. The highest BCUT2D eigenvalue weighted by atomic mass is 16.6. The summed E-state index contributed by atoms with van der Waals surface area (Å²) in [6, 6.07) is 0. The SMILES string of the molecule is CC1=C2[C@@H](O)[C@H](O)[C@]3(C)CC[C@H](O3)[C@H](C)CC/C=C(\C)C[C@H]2OC1=O. The van der Waals surface area contributed by atoms with E-state index in [0.29, 0.717) is 29.9 Å². The number of allylic oxidation sites excluding steroid dienone is 1. The van der Waals surface area contributed by atoms with E-state index in [1.54, 1.807) is 6.92 Å². The number of aliphatic hydroxyl groups is 2. The quantitative estimate of drug-likeness (QED) is 0.519. The summed E-state index contributed by atoms with van der Waals surface area (Å²) in [7, 11) is 0. The van der Waals surface area contributed by atoms with Crippen LogP contribution >= 0.6 is 0 Å². The van der Waals surface area contributed by atoms with Crippen molar-refractivity contribution in [3.8, 4) is 0 Å². The van der Waals surface area contributed by atoms with E-state index >= 15 is 0 Å². The molecule has 5 heteroatoms. The number of hydrogen-bond acceptors (Lipinski definition) is 5. The third-order valence-corrected chi connectivity index (χ3v) is 6.18. The van der Waals surface area contributed by atoms with Gasteiger partial charge in [-0.15, -0.1) is 0 Å². The highest BCUT2D eigenvalue weighted by Gasteiger charge is 2.49. The van der Waals surface area contributed by atoms with Gasteiger partial charge in [0.05, 0.1) is 11.7 Å². The lowest BCUT2D eigenvalue weighted by atomic mass is 9.84. The zero-order valence-corrected chi connectivity index (χ0v) is 15.6. The van der Waals surface area contributed by atoms with Crippen molar-refractivity contribution < 1.29 is 24.5 Å². The van der Waals surface area contributed by atoms with Gasteiger partial charge in [0.15, 0.2) is 0 Å². The lowest BCUT2D eigenvalue weighted by Gasteiger charge is -2.35. The Labute approximate surface area is 149 Å². The molecule has 0 aromatic rings. The molecule has 0 saturated carbocycles. The van der Waals surface area contributed by atoms with E-state index in [1.165, 1.54) is 0 Å². The minimum atomic E-state index is -1.16. The average molecular weight is 350 g/mol. The zero-order chi connectivity index (χ0) is 18.4. The molecule has 0 aromatic carbocycles. The molecular weight excluding hydrogens is 320 g/mol. The van der Waals surface area contributed by atoms with Crippen LogP contribution in [0.25, 0.3) is 0 Å². The first-order chi connectivity index (χ1) is 11.7. The summed E-state index contributed by atoms with van der Waals surface area (Å²) in [5.41, 5.74) is 1.24. The molecule has 0 spiro atoms. The maximum Gasteiger partial charge on any atom is 0.334 e. The van der Waals surface area contributed by atoms with E-state index < -0.39 is 29.9 Å². The molecule has 0 radical (unpaired) electrons. The van der Waals surface area contributed by atoms with Crippen LogP contribution < -0.4 is 0 Å². The molecule has 0 aliphatic carbocycles. The lowest BCUT2D eigenvalue weighted by Crippen LogP contribution is -2.49. The molecule has 2 bridgehead atoms. The van der Waals surface area contributed by atoms with Crippen LogP contribution in [0.2, 0.25) is 0 Å².